The smallest absolute Gasteiger partial charge is 0.267 e. The van der Waals surface area contributed by atoms with Crippen molar-refractivity contribution in [3.63, 3.8) is 0 Å². The second kappa shape index (κ2) is 9.50. The zero-order chi connectivity index (χ0) is 22.0. The normalized spacial score (nSPS) is 19.2. The molecular formula is C22H26N4O3S2. The minimum Gasteiger partial charge on any atom is -0.385 e. The number of hydrogen-bond acceptors (Lipinski definition) is 7. The van der Waals surface area contributed by atoms with Gasteiger partial charge in [0.05, 0.1) is 10.5 Å². The summed E-state index contributed by atoms with van der Waals surface area (Å²) in [5.74, 6) is 1.14. The molecule has 0 atom stereocenters. The van der Waals surface area contributed by atoms with Crippen LogP contribution in [-0.2, 0) is 9.53 Å². The van der Waals surface area contributed by atoms with Crippen LogP contribution in [-0.4, -0.2) is 57.9 Å². The molecule has 0 aliphatic carbocycles. The molecule has 1 amide bonds. The molecular weight excluding hydrogens is 432 g/mol. The van der Waals surface area contributed by atoms with Crippen molar-refractivity contribution in [2.24, 2.45) is 5.92 Å². The predicted molar refractivity (Wildman–Crippen MR) is 128 cm³/mol. The van der Waals surface area contributed by atoms with Crippen molar-refractivity contribution in [2.45, 2.75) is 26.2 Å². The molecule has 9 heteroatoms. The molecule has 2 aliphatic rings. The van der Waals surface area contributed by atoms with Gasteiger partial charge < -0.3 is 9.64 Å². The van der Waals surface area contributed by atoms with Gasteiger partial charge in [-0.2, -0.15) is 0 Å². The molecule has 0 unspecified atom stereocenters. The summed E-state index contributed by atoms with van der Waals surface area (Å²) in [6.45, 7) is 4.99. The first kappa shape index (κ1) is 22.0. The molecule has 2 fully saturated rings. The molecule has 4 rings (SSSR count). The fourth-order valence-corrected chi connectivity index (χ4v) is 5.16. The van der Waals surface area contributed by atoms with Crippen LogP contribution < -0.4 is 10.5 Å². The lowest BCUT2D eigenvalue weighted by molar-refractivity contribution is -0.122. The van der Waals surface area contributed by atoms with Gasteiger partial charge in [0.15, 0.2) is 0 Å². The lowest BCUT2D eigenvalue weighted by Gasteiger charge is -2.32. The molecule has 31 heavy (non-hydrogen) atoms. The average Bonchev–Trinajstić information content (AvgIpc) is 3.04. The van der Waals surface area contributed by atoms with Gasteiger partial charge in [0, 0.05) is 39.5 Å². The van der Waals surface area contributed by atoms with Crippen LogP contribution in [0.3, 0.4) is 0 Å². The standard InChI is InChI=1S/C22H26N4O3S2/c1-15-7-11-24(12-8-15)19-16(20(27)25-9-4-3-6-18(25)23-19)14-17-21(28)26(22(30)31-17)10-5-13-29-2/h3-4,6,9,14-15H,5,7-8,10-13H2,1-2H3/b17-14-. The summed E-state index contributed by atoms with van der Waals surface area (Å²) in [5.41, 5.74) is 0.866. The quantitative estimate of drug-likeness (QED) is 0.374. The zero-order valence-electron chi connectivity index (χ0n) is 17.7. The summed E-state index contributed by atoms with van der Waals surface area (Å²) in [5, 5.41) is 0. The third kappa shape index (κ3) is 4.53. The van der Waals surface area contributed by atoms with Gasteiger partial charge in [0.1, 0.15) is 15.8 Å². The van der Waals surface area contributed by atoms with Gasteiger partial charge in [-0.1, -0.05) is 37.0 Å². The Morgan fingerprint density at radius 3 is 2.81 bits per heavy atom. The van der Waals surface area contributed by atoms with Crippen molar-refractivity contribution in [3.8, 4) is 0 Å². The first-order chi connectivity index (χ1) is 15.0. The highest BCUT2D eigenvalue weighted by atomic mass is 32.2. The maximum absolute atomic E-state index is 13.4. The summed E-state index contributed by atoms with van der Waals surface area (Å²) < 4.78 is 7.12. The van der Waals surface area contributed by atoms with E-state index in [-0.39, 0.29) is 11.5 Å². The van der Waals surface area contributed by atoms with Gasteiger partial charge in [-0.25, -0.2) is 4.98 Å². The van der Waals surface area contributed by atoms with Gasteiger partial charge in [-0.15, -0.1) is 0 Å². The van der Waals surface area contributed by atoms with Crippen molar-refractivity contribution in [1.29, 1.82) is 0 Å². The Morgan fingerprint density at radius 2 is 2.06 bits per heavy atom. The summed E-state index contributed by atoms with van der Waals surface area (Å²) in [6, 6.07) is 5.50. The van der Waals surface area contributed by atoms with E-state index in [9.17, 15) is 9.59 Å². The SMILES string of the molecule is COCCCN1C(=O)/C(=C/c2c(N3CCC(C)CC3)nc3ccccn3c2=O)SC1=S. The number of carbonyl (C=O) groups excluding carboxylic acids is 1. The van der Waals surface area contributed by atoms with Gasteiger partial charge in [0.25, 0.3) is 11.5 Å². The molecule has 164 valence electrons. The fourth-order valence-electron chi connectivity index (χ4n) is 3.87. The topological polar surface area (TPSA) is 67.2 Å². The van der Waals surface area contributed by atoms with E-state index in [0.29, 0.717) is 51.7 Å². The predicted octanol–water partition coefficient (Wildman–Crippen LogP) is 3.17. The Bertz CT molecular complexity index is 1090. The van der Waals surface area contributed by atoms with Gasteiger partial charge >= 0.3 is 0 Å². The second-order valence-electron chi connectivity index (χ2n) is 7.93. The van der Waals surface area contributed by atoms with Crippen LogP contribution in [0.1, 0.15) is 31.7 Å². The highest BCUT2D eigenvalue weighted by molar-refractivity contribution is 8.26. The van der Waals surface area contributed by atoms with E-state index < -0.39 is 0 Å². The molecule has 0 N–H and O–H groups in total. The maximum Gasteiger partial charge on any atom is 0.267 e. The number of thiocarbonyl (C=S) groups is 1. The third-order valence-corrected chi connectivity index (χ3v) is 7.09. The highest BCUT2D eigenvalue weighted by Crippen LogP contribution is 2.34. The monoisotopic (exact) mass is 458 g/mol. The number of piperidine rings is 1. The van der Waals surface area contributed by atoms with Crippen molar-refractivity contribution >= 4 is 51.7 Å². The molecule has 0 bridgehead atoms. The Labute approximate surface area is 191 Å². The number of nitrogens with zero attached hydrogens (tertiary/aromatic N) is 4. The Balaban J connectivity index is 1.75. The summed E-state index contributed by atoms with van der Waals surface area (Å²) in [4.78, 5) is 35.4. The highest BCUT2D eigenvalue weighted by Gasteiger charge is 2.32. The average molecular weight is 459 g/mol. The molecule has 4 heterocycles. The molecule has 0 radical (unpaired) electrons. The van der Waals surface area contributed by atoms with Gasteiger partial charge in [-0.3, -0.25) is 18.9 Å². The van der Waals surface area contributed by atoms with Crippen molar-refractivity contribution in [1.82, 2.24) is 14.3 Å². The molecule has 2 aromatic heterocycles. The number of methoxy groups -OCH3 is 1. The van der Waals surface area contributed by atoms with Crippen LogP contribution in [0.2, 0.25) is 0 Å². The van der Waals surface area contributed by atoms with Crippen LogP contribution in [0, 0.1) is 5.92 Å². The number of ether oxygens (including phenoxy) is 1. The number of rotatable bonds is 6. The largest absolute Gasteiger partial charge is 0.385 e. The third-order valence-electron chi connectivity index (χ3n) is 5.71. The minimum absolute atomic E-state index is 0.165. The number of fused-ring (bicyclic) bond motifs is 1. The minimum atomic E-state index is -0.177. The van der Waals surface area contributed by atoms with Crippen LogP contribution in [0.15, 0.2) is 34.1 Å². The molecule has 0 saturated carbocycles. The van der Waals surface area contributed by atoms with Crippen LogP contribution >= 0.6 is 24.0 Å². The van der Waals surface area contributed by atoms with E-state index >= 15 is 0 Å². The number of thioether (sulfide) groups is 1. The summed E-state index contributed by atoms with van der Waals surface area (Å²) in [7, 11) is 1.63. The molecule has 2 aromatic rings. The van der Waals surface area contributed by atoms with Gasteiger partial charge in [-0.05, 0) is 43.4 Å². The lowest BCUT2D eigenvalue weighted by atomic mass is 9.99. The molecule has 0 spiro atoms. The van der Waals surface area contributed by atoms with E-state index in [2.05, 4.69) is 11.8 Å². The second-order valence-corrected chi connectivity index (χ2v) is 9.61. The number of anilines is 1. The van der Waals surface area contributed by atoms with E-state index in [1.165, 1.54) is 16.2 Å². The van der Waals surface area contributed by atoms with Crippen molar-refractivity contribution < 1.29 is 9.53 Å². The first-order valence-corrected chi connectivity index (χ1v) is 11.7. The molecule has 2 saturated heterocycles. The molecule has 2 aliphatic heterocycles. The zero-order valence-corrected chi connectivity index (χ0v) is 19.4. The number of aromatic nitrogens is 2. The van der Waals surface area contributed by atoms with E-state index in [4.69, 9.17) is 21.9 Å². The number of amides is 1. The number of hydrogen-bond donors (Lipinski definition) is 0. The summed E-state index contributed by atoms with van der Waals surface area (Å²) in [6.07, 6.45) is 6.19. The lowest BCUT2D eigenvalue weighted by Crippen LogP contribution is -2.36. The van der Waals surface area contributed by atoms with Crippen molar-refractivity contribution in [2.75, 3.05) is 38.3 Å². The van der Waals surface area contributed by atoms with E-state index in [1.807, 2.05) is 12.1 Å². The fraction of sp³-hybridized carbons (Fsp3) is 0.455. The van der Waals surface area contributed by atoms with Crippen LogP contribution in [0.5, 0.6) is 0 Å². The Kier molecular flexibility index (Phi) is 6.74. The van der Waals surface area contributed by atoms with E-state index in [1.54, 1.807) is 30.3 Å². The Morgan fingerprint density at radius 1 is 1.29 bits per heavy atom. The summed E-state index contributed by atoms with van der Waals surface area (Å²) >= 11 is 6.66. The van der Waals surface area contributed by atoms with Crippen molar-refractivity contribution in [3.05, 3.63) is 45.2 Å². The molecule has 7 nitrogen and oxygen atoms in total. The Hall–Kier alpha value is -2.23. The maximum atomic E-state index is 13.4. The number of pyridine rings is 1. The van der Waals surface area contributed by atoms with Crippen LogP contribution in [0.4, 0.5) is 5.82 Å². The van der Waals surface area contributed by atoms with Gasteiger partial charge in [0.2, 0.25) is 0 Å². The van der Waals surface area contributed by atoms with Crippen LogP contribution in [0.25, 0.3) is 11.7 Å². The van der Waals surface area contributed by atoms with E-state index in [0.717, 1.165) is 25.9 Å². The molecule has 0 aromatic carbocycles. The number of carbonyl (C=O) groups is 1. The first-order valence-electron chi connectivity index (χ1n) is 10.5.